The maximum Gasteiger partial charge on any atom is 0.326 e. The molecule has 0 aromatic heterocycles. The molecule has 1 rings (SSSR count). The van der Waals surface area contributed by atoms with Crippen molar-refractivity contribution in [1.29, 1.82) is 0 Å². The molecule has 0 radical (unpaired) electrons. The van der Waals surface area contributed by atoms with E-state index in [-0.39, 0.29) is 11.3 Å². The van der Waals surface area contributed by atoms with Gasteiger partial charge in [-0.3, -0.25) is 4.79 Å². The van der Waals surface area contributed by atoms with E-state index >= 15 is 0 Å². The molecular formula is C14H19NO4. The van der Waals surface area contributed by atoms with Gasteiger partial charge in [0.15, 0.2) is 0 Å². The lowest BCUT2D eigenvalue weighted by Crippen LogP contribution is -2.49. The highest BCUT2D eigenvalue weighted by Gasteiger charge is 2.33. The van der Waals surface area contributed by atoms with Gasteiger partial charge >= 0.3 is 5.97 Å². The Balaban J connectivity index is 3.02. The average Bonchev–Trinajstić information content (AvgIpc) is 2.27. The number of phenolic OH excluding ortho intramolecular Hbond substituents is 1. The van der Waals surface area contributed by atoms with E-state index in [9.17, 15) is 14.7 Å². The van der Waals surface area contributed by atoms with Gasteiger partial charge < -0.3 is 15.5 Å². The fourth-order valence-electron chi connectivity index (χ4n) is 1.73. The van der Waals surface area contributed by atoms with E-state index in [0.29, 0.717) is 5.56 Å². The Hall–Kier alpha value is -2.04. The average molecular weight is 265 g/mol. The lowest BCUT2D eigenvalue weighted by molar-refractivity contribution is -0.142. The highest BCUT2D eigenvalue weighted by molar-refractivity contribution is 5.98. The van der Waals surface area contributed by atoms with Gasteiger partial charge in [-0.05, 0) is 24.5 Å². The molecule has 0 aliphatic carbocycles. The van der Waals surface area contributed by atoms with Crippen molar-refractivity contribution in [2.75, 3.05) is 0 Å². The molecule has 1 aromatic rings. The Morgan fingerprint density at radius 3 is 2.32 bits per heavy atom. The summed E-state index contributed by atoms with van der Waals surface area (Å²) < 4.78 is 0. The fraction of sp³-hybridized carbons (Fsp3) is 0.429. The second kappa shape index (κ2) is 5.30. The SMILES string of the molecule is Cc1c(O)cccc1C(=O)N[C@@H](C(=O)O)C(C)(C)C. The van der Waals surface area contributed by atoms with Gasteiger partial charge in [0.25, 0.3) is 5.91 Å². The smallest absolute Gasteiger partial charge is 0.326 e. The third-order valence-electron chi connectivity index (χ3n) is 2.94. The van der Waals surface area contributed by atoms with Crippen LogP contribution in [0.3, 0.4) is 0 Å². The number of hydrogen-bond donors (Lipinski definition) is 3. The molecule has 0 unspecified atom stereocenters. The number of nitrogens with one attached hydrogen (secondary N) is 1. The Kier molecular flexibility index (Phi) is 4.19. The lowest BCUT2D eigenvalue weighted by Gasteiger charge is -2.28. The highest BCUT2D eigenvalue weighted by Crippen LogP contribution is 2.22. The van der Waals surface area contributed by atoms with Gasteiger partial charge in [0.1, 0.15) is 11.8 Å². The van der Waals surface area contributed by atoms with Gasteiger partial charge in [-0.1, -0.05) is 26.8 Å². The standard InChI is InChI=1S/C14H19NO4/c1-8-9(6-5-7-10(8)16)12(17)15-11(13(18)19)14(2,3)4/h5-7,11,16H,1-4H3,(H,15,17)(H,18,19)/t11-/m0/s1. The highest BCUT2D eigenvalue weighted by atomic mass is 16.4. The van der Waals surface area contributed by atoms with E-state index < -0.39 is 23.3 Å². The van der Waals surface area contributed by atoms with E-state index in [4.69, 9.17) is 5.11 Å². The molecule has 0 saturated carbocycles. The number of carboxylic acid groups (broad SMARTS) is 1. The van der Waals surface area contributed by atoms with Crippen LogP contribution in [0, 0.1) is 12.3 Å². The zero-order valence-electron chi connectivity index (χ0n) is 11.5. The first kappa shape index (κ1) is 15.0. The minimum Gasteiger partial charge on any atom is -0.508 e. The number of carbonyl (C=O) groups excluding carboxylic acids is 1. The van der Waals surface area contributed by atoms with Gasteiger partial charge in [0.2, 0.25) is 0 Å². The van der Waals surface area contributed by atoms with E-state index in [1.54, 1.807) is 39.8 Å². The quantitative estimate of drug-likeness (QED) is 0.779. The van der Waals surface area contributed by atoms with Crippen molar-refractivity contribution in [3.05, 3.63) is 29.3 Å². The summed E-state index contributed by atoms with van der Waals surface area (Å²) in [5.41, 5.74) is 0.0974. The maximum atomic E-state index is 12.1. The molecule has 0 spiro atoms. The Labute approximate surface area is 112 Å². The number of amides is 1. The van der Waals surface area contributed by atoms with Gasteiger partial charge in [0, 0.05) is 11.1 Å². The fourth-order valence-corrected chi connectivity index (χ4v) is 1.73. The monoisotopic (exact) mass is 265 g/mol. The number of aliphatic carboxylic acids is 1. The third-order valence-corrected chi connectivity index (χ3v) is 2.94. The molecule has 0 heterocycles. The summed E-state index contributed by atoms with van der Waals surface area (Å²) >= 11 is 0. The Morgan fingerprint density at radius 1 is 1.26 bits per heavy atom. The van der Waals surface area contributed by atoms with Crippen LogP contribution in [0.1, 0.15) is 36.7 Å². The van der Waals surface area contributed by atoms with Crippen LogP contribution in [0.5, 0.6) is 5.75 Å². The van der Waals surface area contributed by atoms with Crippen LogP contribution in [0.2, 0.25) is 0 Å². The van der Waals surface area contributed by atoms with Crippen molar-refractivity contribution < 1.29 is 19.8 Å². The summed E-state index contributed by atoms with van der Waals surface area (Å²) in [6.45, 7) is 6.82. The number of carboxylic acids is 1. The lowest BCUT2D eigenvalue weighted by atomic mass is 9.86. The molecule has 0 fully saturated rings. The van der Waals surface area contributed by atoms with Crippen LogP contribution >= 0.6 is 0 Å². The van der Waals surface area contributed by atoms with E-state index in [1.165, 1.54) is 6.07 Å². The Bertz CT molecular complexity index is 503. The molecule has 1 amide bonds. The van der Waals surface area contributed by atoms with Crippen molar-refractivity contribution in [2.24, 2.45) is 5.41 Å². The van der Waals surface area contributed by atoms with E-state index in [0.717, 1.165) is 0 Å². The molecular weight excluding hydrogens is 246 g/mol. The van der Waals surface area contributed by atoms with Gasteiger partial charge in [-0.2, -0.15) is 0 Å². The number of carbonyl (C=O) groups is 2. The molecule has 1 aromatic carbocycles. The second-order valence-corrected chi connectivity index (χ2v) is 5.56. The summed E-state index contributed by atoms with van der Waals surface area (Å²) in [4.78, 5) is 23.3. The summed E-state index contributed by atoms with van der Waals surface area (Å²) in [6.07, 6.45) is 0. The van der Waals surface area contributed by atoms with Gasteiger partial charge in [-0.15, -0.1) is 0 Å². The largest absolute Gasteiger partial charge is 0.508 e. The van der Waals surface area contributed by atoms with Gasteiger partial charge in [0.05, 0.1) is 0 Å². The van der Waals surface area contributed by atoms with Gasteiger partial charge in [-0.25, -0.2) is 4.79 Å². The molecule has 0 saturated heterocycles. The first-order valence-electron chi connectivity index (χ1n) is 5.97. The molecule has 5 nitrogen and oxygen atoms in total. The maximum absolute atomic E-state index is 12.1. The summed E-state index contributed by atoms with van der Waals surface area (Å²) in [7, 11) is 0. The summed E-state index contributed by atoms with van der Waals surface area (Å²) in [5, 5.41) is 21.2. The molecule has 5 heteroatoms. The molecule has 0 aliphatic rings. The summed E-state index contributed by atoms with van der Waals surface area (Å²) in [6, 6.07) is 3.57. The van der Waals surface area contributed by atoms with Crippen molar-refractivity contribution in [1.82, 2.24) is 5.32 Å². The van der Waals surface area contributed by atoms with Crippen LogP contribution in [0.25, 0.3) is 0 Å². The van der Waals surface area contributed by atoms with Crippen molar-refractivity contribution >= 4 is 11.9 Å². The topological polar surface area (TPSA) is 86.6 Å². The van der Waals surface area contributed by atoms with E-state index in [1.807, 2.05) is 0 Å². The number of hydrogen-bond acceptors (Lipinski definition) is 3. The molecule has 19 heavy (non-hydrogen) atoms. The predicted octanol–water partition coefficient (Wildman–Crippen LogP) is 1.93. The number of rotatable bonds is 3. The zero-order valence-corrected chi connectivity index (χ0v) is 11.5. The minimum atomic E-state index is -1.08. The van der Waals surface area contributed by atoms with Crippen molar-refractivity contribution in [2.45, 2.75) is 33.7 Å². The molecule has 0 aliphatic heterocycles. The number of aromatic hydroxyl groups is 1. The van der Waals surface area contributed by atoms with Crippen molar-refractivity contribution in [3.63, 3.8) is 0 Å². The molecule has 104 valence electrons. The van der Waals surface area contributed by atoms with Crippen LogP contribution in [0.4, 0.5) is 0 Å². The molecule has 1 atom stereocenters. The van der Waals surface area contributed by atoms with Crippen LogP contribution in [0.15, 0.2) is 18.2 Å². The normalized spacial score (nSPS) is 12.8. The predicted molar refractivity (Wildman–Crippen MR) is 71.2 cm³/mol. The number of benzene rings is 1. The summed E-state index contributed by atoms with van der Waals surface area (Å²) in [5.74, 6) is -1.58. The van der Waals surface area contributed by atoms with E-state index in [2.05, 4.69) is 5.32 Å². The number of phenols is 1. The molecule has 0 bridgehead atoms. The minimum absolute atomic E-state index is 0.00952. The molecule has 3 N–H and O–H groups in total. The van der Waals surface area contributed by atoms with Crippen LogP contribution in [-0.2, 0) is 4.79 Å². The van der Waals surface area contributed by atoms with Crippen LogP contribution < -0.4 is 5.32 Å². The zero-order chi connectivity index (χ0) is 14.8. The third kappa shape index (κ3) is 3.47. The first-order valence-corrected chi connectivity index (χ1v) is 5.97. The van der Waals surface area contributed by atoms with Crippen LogP contribution in [-0.4, -0.2) is 28.1 Å². The first-order chi connectivity index (χ1) is 8.64. The van der Waals surface area contributed by atoms with Crippen molar-refractivity contribution in [3.8, 4) is 5.75 Å². The Morgan fingerprint density at radius 2 is 1.84 bits per heavy atom. The second-order valence-electron chi connectivity index (χ2n) is 5.56.